The van der Waals surface area contributed by atoms with Gasteiger partial charge in [-0.25, -0.2) is 8.42 Å². The number of carbonyl (C=O) groups is 2. The zero-order valence-electron chi connectivity index (χ0n) is 19.1. The fraction of sp³-hybridized carbons (Fsp3) is 0.652. The summed E-state index contributed by atoms with van der Waals surface area (Å²) >= 11 is 0. The van der Waals surface area contributed by atoms with Crippen molar-refractivity contribution in [3.8, 4) is 5.75 Å². The SMILES string of the molecule is Cc1cc2c(cc1S(=O)(=O)N1CCC[C@@H](C(=O)N(C)C3CCCCC3)C1)O[C@@H](C)C(=O)N2. The minimum absolute atomic E-state index is 0.0545. The van der Waals surface area contributed by atoms with Crippen molar-refractivity contribution < 1.29 is 22.7 Å². The third-order valence-corrected chi connectivity index (χ3v) is 9.04. The highest BCUT2D eigenvalue weighted by Crippen LogP contribution is 2.36. The third kappa shape index (κ3) is 4.37. The van der Waals surface area contributed by atoms with Crippen LogP contribution in [-0.2, 0) is 19.6 Å². The quantitative estimate of drug-likeness (QED) is 0.741. The zero-order valence-corrected chi connectivity index (χ0v) is 19.9. The molecular formula is C23H33N3O5S. The van der Waals surface area contributed by atoms with Gasteiger partial charge in [0.1, 0.15) is 5.75 Å². The molecule has 1 N–H and O–H groups in total. The van der Waals surface area contributed by atoms with Crippen LogP contribution in [0.1, 0.15) is 57.4 Å². The van der Waals surface area contributed by atoms with Crippen LogP contribution in [-0.4, -0.2) is 61.7 Å². The van der Waals surface area contributed by atoms with Crippen molar-refractivity contribution in [1.29, 1.82) is 0 Å². The highest BCUT2D eigenvalue weighted by Gasteiger charge is 2.37. The first-order valence-electron chi connectivity index (χ1n) is 11.6. The fourth-order valence-electron chi connectivity index (χ4n) is 5.06. The highest BCUT2D eigenvalue weighted by atomic mass is 32.2. The largest absolute Gasteiger partial charge is 0.479 e. The number of anilines is 1. The number of aryl methyl sites for hydroxylation is 1. The van der Waals surface area contributed by atoms with Gasteiger partial charge in [-0.2, -0.15) is 4.31 Å². The minimum Gasteiger partial charge on any atom is -0.479 e. The molecule has 1 saturated heterocycles. The number of hydrogen-bond acceptors (Lipinski definition) is 5. The van der Waals surface area contributed by atoms with E-state index in [4.69, 9.17) is 4.74 Å². The highest BCUT2D eigenvalue weighted by molar-refractivity contribution is 7.89. The lowest BCUT2D eigenvalue weighted by atomic mass is 9.92. The Bertz CT molecular complexity index is 1000. The molecule has 176 valence electrons. The van der Waals surface area contributed by atoms with Crippen molar-refractivity contribution in [1.82, 2.24) is 9.21 Å². The van der Waals surface area contributed by atoms with Crippen molar-refractivity contribution >= 4 is 27.5 Å². The number of piperidine rings is 1. The normalized spacial score (nSPS) is 24.9. The number of amides is 2. The molecule has 2 atom stereocenters. The van der Waals surface area contributed by atoms with Gasteiger partial charge in [0.2, 0.25) is 15.9 Å². The lowest BCUT2D eigenvalue weighted by molar-refractivity contribution is -0.138. The molecule has 32 heavy (non-hydrogen) atoms. The van der Waals surface area contributed by atoms with Gasteiger partial charge in [0.25, 0.3) is 5.91 Å². The van der Waals surface area contributed by atoms with Crippen molar-refractivity contribution in [2.45, 2.75) is 75.8 Å². The molecule has 0 bridgehead atoms. The van der Waals surface area contributed by atoms with E-state index < -0.39 is 16.1 Å². The van der Waals surface area contributed by atoms with Crippen LogP contribution in [0.25, 0.3) is 0 Å². The van der Waals surface area contributed by atoms with Crippen LogP contribution < -0.4 is 10.1 Å². The van der Waals surface area contributed by atoms with Crippen LogP contribution in [0.15, 0.2) is 17.0 Å². The van der Waals surface area contributed by atoms with Gasteiger partial charge in [-0.05, 0) is 51.2 Å². The van der Waals surface area contributed by atoms with Gasteiger partial charge in [0.05, 0.1) is 16.5 Å². The Hall–Kier alpha value is -2.13. The van der Waals surface area contributed by atoms with Crippen LogP contribution in [0.3, 0.4) is 0 Å². The molecule has 0 radical (unpaired) electrons. The Morgan fingerprint density at radius 2 is 1.88 bits per heavy atom. The molecule has 4 rings (SSSR count). The summed E-state index contributed by atoms with van der Waals surface area (Å²) in [5, 5.41) is 2.75. The number of ether oxygens (including phenoxy) is 1. The summed E-state index contributed by atoms with van der Waals surface area (Å²) in [6.07, 6.45) is 6.24. The average molecular weight is 464 g/mol. The molecule has 0 aromatic heterocycles. The van der Waals surface area contributed by atoms with Crippen LogP contribution >= 0.6 is 0 Å². The molecule has 0 unspecified atom stereocenters. The average Bonchev–Trinajstić information content (AvgIpc) is 2.79. The maximum absolute atomic E-state index is 13.5. The van der Waals surface area contributed by atoms with E-state index in [1.807, 2.05) is 11.9 Å². The number of nitrogens with one attached hydrogen (secondary N) is 1. The molecular weight excluding hydrogens is 430 g/mol. The molecule has 0 spiro atoms. The molecule has 9 heteroatoms. The number of fused-ring (bicyclic) bond motifs is 1. The van der Waals surface area contributed by atoms with Crippen LogP contribution in [0, 0.1) is 12.8 Å². The number of sulfonamides is 1. The summed E-state index contributed by atoms with van der Waals surface area (Å²) in [7, 11) is -1.94. The molecule has 2 aliphatic heterocycles. The van der Waals surface area contributed by atoms with Gasteiger partial charge in [-0.3, -0.25) is 9.59 Å². The predicted octanol–water partition coefficient (Wildman–Crippen LogP) is 2.91. The second kappa shape index (κ2) is 9.02. The van der Waals surface area contributed by atoms with E-state index >= 15 is 0 Å². The maximum Gasteiger partial charge on any atom is 0.265 e. The summed E-state index contributed by atoms with van der Waals surface area (Å²) in [6, 6.07) is 3.39. The van der Waals surface area contributed by atoms with Crippen molar-refractivity contribution in [2.24, 2.45) is 5.92 Å². The molecule has 3 aliphatic rings. The van der Waals surface area contributed by atoms with Gasteiger partial charge >= 0.3 is 0 Å². The van der Waals surface area contributed by atoms with Gasteiger partial charge in [0.15, 0.2) is 6.10 Å². The van der Waals surface area contributed by atoms with E-state index in [1.165, 1.54) is 16.8 Å². The van der Waals surface area contributed by atoms with Crippen molar-refractivity contribution in [2.75, 3.05) is 25.5 Å². The molecule has 1 aromatic rings. The summed E-state index contributed by atoms with van der Waals surface area (Å²) in [6.45, 7) is 3.92. The number of carbonyl (C=O) groups excluding carboxylic acids is 2. The smallest absolute Gasteiger partial charge is 0.265 e. The fourth-order valence-corrected chi connectivity index (χ4v) is 6.80. The number of hydrogen-bond donors (Lipinski definition) is 1. The number of nitrogens with zero attached hydrogens (tertiary/aromatic N) is 2. The topological polar surface area (TPSA) is 96.0 Å². The van der Waals surface area contributed by atoms with E-state index in [2.05, 4.69) is 5.32 Å². The molecule has 1 aromatic carbocycles. The van der Waals surface area contributed by atoms with Crippen LogP contribution in [0.2, 0.25) is 0 Å². The van der Waals surface area contributed by atoms with E-state index in [1.54, 1.807) is 19.9 Å². The van der Waals surface area contributed by atoms with Gasteiger partial charge in [-0.15, -0.1) is 0 Å². The first-order valence-corrected chi connectivity index (χ1v) is 13.0. The van der Waals surface area contributed by atoms with Crippen LogP contribution in [0.4, 0.5) is 5.69 Å². The summed E-state index contributed by atoms with van der Waals surface area (Å²) in [4.78, 5) is 27.1. The molecule has 2 amide bonds. The summed E-state index contributed by atoms with van der Waals surface area (Å²) in [5.41, 5.74) is 1.01. The molecule has 1 aliphatic carbocycles. The van der Waals surface area contributed by atoms with Crippen molar-refractivity contribution in [3.05, 3.63) is 17.7 Å². The Balaban J connectivity index is 1.53. The Morgan fingerprint density at radius 3 is 2.59 bits per heavy atom. The van der Waals surface area contributed by atoms with E-state index in [0.29, 0.717) is 36.4 Å². The Morgan fingerprint density at radius 1 is 1.16 bits per heavy atom. The van der Waals surface area contributed by atoms with Gasteiger partial charge in [0, 0.05) is 32.2 Å². The molecule has 8 nitrogen and oxygen atoms in total. The Labute approximate surface area is 190 Å². The van der Waals surface area contributed by atoms with Crippen LogP contribution in [0.5, 0.6) is 5.75 Å². The maximum atomic E-state index is 13.5. The minimum atomic E-state index is -3.80. The summed E-state index contributed by atoms with van der Waals surface area (Å²) in [5.74, 6) is -0.173. The molecule has 2 heterocycles. The monoisotopic (exact) mass is 463 g/mol. The first kappa shape index (κ1) is 23.0. The first-order chi connectivity index (χ1) is 15.2. The van der Waals surface area contributed by atoms with Gasteiger partial charge < -0.3 is 15.0 Å². The number of rotatable bonds is 4. The zero-order chi connectivity index (χ0) is 23.0. The standard InChI is InChI=1S/C23H33N3O5S/c1-15-12-19-20(31-16(2)22(27)24-19)13-21(15)32(29,30)26-11-7-8-17(14-26)23(28)25(3)18-9-5-4-6-10-18/h12-13,16-18H,4-11,14H2,1-3H3,(H,24,27)/t16-,17+/m0/s1. The molecule has 2 fully saturated rings. The number of benzene rings is 1. The van der Waals surface area contributed by atoms with Gasteiger partial charge in [-0.1, -0.05) is 19.3 Å². The second-order valence-electron chi connectivity index (χ2n) is 9.31. The Kier molecular flexibility index (Phi) is 6.49. The lowest BCUT2D eigenvalue weighted by Crippen LogP contribution is -2.48. The summed E-state index contributed by atoms with van der Waals surface area (Å²) < 4.78 is 34.1. The molecule has 1 saturated carbocycles. The lowest BCUT2D eigenvalue weighted by Gasteiger charge is -2.37. The van der Waals surface area contributed by atoms with Crippen molar-refractivity contribution in [3.63, 3.8) is 0 Å². The van der Waals surface area contributed by atoms with E-state index in [-0.39, 0.29) is 35.2 Å². The van der Waals surface area contributed by atoms with E-state index in [9.17, 15) is 18.0 Å². The third-order valence-electron chi connectivity index (χ3n) is 7.03. The predicted molar refractivity (Wildman–Crippen MR) is 121 cm³/mol. The van der Waals surface area contributed by atoms with E-state index in [0.717, 1.165) is 25.7 Å². The second-order valence-corrected chi connectivity index (χ2v) is 11.2.